The van der Waals surface area contributed by atoms with Gasteiger partial charge in [-0.05, 0) is 63.9 Å². The molecule has 0 aliphatic carbocycles. The fraction of sp³-hybridized carbons (Fsp3) is 0.308. The summed E-state index contributed by atoms with van der Waals surface area (Å²) in [7, 11) is 0. The maximum Gasteiger partial charge on any atom is 0.256 e. The molecule has 0 saturated carbocycles. The first kappa shape index (κ1) is 21.8. The molecular formula is C26H30N4O2. The first-order chi connectivity index (χ1) is 15.5. The van der Waals surface area contributed by atoms with E-state index >= 15 is 0 Å². The van der Waals surface area contributed by atoms with E-state index in [1.165, 1.54) is 0 Å². The molecule has 0 fully saturated rings. The molecule has 1 amide bonds. The van der Waals surface area contributed by atoms with Crippen LogP contribution in [0.1, 0.15) is 40.5 Å². The van der Waals surface area contributed by atoms with E-state index in [0.29, 0.717) is 18.8 Å². The molecule has 2 aromatic heterocycles. The fourth-order valence-electron chi connectivity index (χ4n) is 3.99. The van der Waals surface area contributed by atoms with Crippen molar-refractivity contribution in [2.24, 2.45) is 0 Å². The van der Waals surface area contributed by atoms with Crippen molar-refractivity contribution in [3.8, 4) is 11.4 Å². The third-order valence-corrected chi connectivity index (χ3v) is 5.88. The van der Waals surface area contributed by atoms with Gasteiger partial charge < -0.3 is 19.6 Å². The Balaban J connectivity index is 1.77. The molecule has 166 valence electrons. The molecule has 32 heavy (non-hydrogen) atoms. The van der Waals surface area contributed by atoms with Gasteiger partial charge in [-0.25, -0.2) is 4.98 Å². The molecule has 6 heteroatoms. The van der Waals surface area contributed by atoms with Crippen molar-refractivity contribution in [2.45, 2.75) is 40.7 Å². The van der Waals surface area contributed by atoms with Gasteiger partial charge in [0.2, 0.25) is 0 Å². The van der Waals surface area contributed by atoms with Crippen molar-refractivity contribution in [1.82, 2.24) is 14.5 Å². The van der Waals surface area contributed by atoms with E-state index in [1.807, 2.05) is 62.4 Å². The number of benzene rings is 2. The summed E-state index contributed by atoms with van der Waals surface area (Å²) in [6, 6.07) is 15.6. The fourth-order valence-corrected chi connectivity index (χ4v) is 3.99. The molecule has 4 rings (SSSR count). The minimum absolute atomic E-state index is 0.133. The van der Waals surface area contributed by atoms with Crippen LogP contribution in [0.2, 0.25) is 0 Å². The predicted octanol–water partition coefficient (Wildman–Crippen LogP) is 5.64. The lowest BCUT2D eigenvalue weighted by Gasteiger charge is -2.14. The van der Waals surface area contributed by atoms with E-state index in [1.54, 1.807) is 0 Å². The summed E-state index contributed by atoms with van der Waals surface area (Å²) < 4.78 is 7.71. The van der Waals surface area contributed by atoms with Crippen LogP contribution in [0.4, 0.5) is 5.82 Å². The largest absolute Gasteiger partial charge is 0.382 e. The molecule has 4 aromatic rings. The van der Waals surface area contributed by atoms with Gasteiger partial charge in [-0.2, -0.15) is 0 Å². The number of ether oxygens (including phenoxy) is 1. The van der Waals surface area contributed by atoms with E-state index in [2.05, 4.69) is 28.7 Å². The molecule has 2 heterocycles. The quantitative estimate of drug-likeness (QED) is 0.356. The average Bonchev–Trinajstić information content (AvgIpc) is 3.31. The minimum Gasteiger partial charge on any atom is -0.382 e. The number of carbonyl (C=O) groups excluding carboxylic acids is 1. The summed E-state index contributed by atoms with van der Waals surface area (Å²) in [6.45, 7) is 10.3. The van der Waals surface area contributed by atoms with Crippen LogP contribution in [-0.4, -0.2) is 33.7 Å². The number of aromatic amines is 1. The van der Waals surface area contributed by atoms with Gasteiger partial charge in [0.05, 0.1) is 16.6 Å². The molecule has 0 spiro atoms. The number of nitrogens with zero attached hydrogens (tertiary/aromatic N) is 2. The van der Waals surface area contributed by atoms with Gasteiger partial charge in [-0.3, -0.25) is 4.79 Å². The van der Waals surface area contributed by atoms with Crippen LogP contribution < -0.4 is 5.32 Å². The van der Waals surface area contributed by atoms with Crippen molar-refractivity contribution in [3.05, 3.63) is 70.9 Å². The number of rotatable bonds is 8. The van der Waals surface area contributed by atoms with E-state index in [0.717, 1.165) is 58.0 Å². The molecule has 0 saturated heterocycles. The topological polar surface area (TPSA) is 71.9 Å². The lowest BCUT2D eigenvalue weighted by atomic mass is 10.1. The molecule has 0 atom stereocenters. The van der Waals surface area contributed by atoms with Crippen LogP contribution in [0.5, 0.6) is 0 Å². The van der Waals surface area contributed by atoms with Crippen LogP contribution in [0.3, 0.4) is 0 Å². The lowest BCUT2D eigenvalue weighted by Crippen LogP contribution is -2.17. The molecule has 0 aliphatic rings. The number of imidazole rings is 1. The maximum absolute atomic E-state index is 13.2. The number of H-pyrrole nitrogens is 1. The van der Waals surface area contributed by atoms with E-state index in [-0.39, 0.29) is 5.91 Å². The van der Waals surface area contributed by atoms with Crippen molar-refractivity contribution in [1.29, 1.82) is 0 Å². The summed E-state index contributed by atoms with van der Waals surface area (Å²) in [4.78, 5) is 21.4. The predicted molar refractivity (Wildman–Crippen MR) is 129 cm³/mol. The van der Waals surface area contributed by atoms with Gasteiger partial charge >= 0.3 is 0 Å². The highest BCUT2D eigenvalue weighted by atomic mass is 16.5. The SMILES string of the molecule is CCOCCCn1c(C)c(C)c(-c2nc3ccccc3[nH]2)c1NC(=O)c1ccc(C)cc1. The highest BCUT2D eigenvalue weighted by Crippen LogP contribution is 2.36. The number of anilines is 1. The summed E-state index contributed by atoms with van der Waals surface area (Å²) in [5.74, 6) is 1.39. The van der Waals surface area contributed by atoms with Crippen LogP contribution >= 0.6 is 0 Å². The average molecular weight is 431 g/mol. The van der Waals surface area contributed by atoms with Gasteiger partial charge in [0.1, 0.15) is 11.6 Å². The Kier molecular flexibility index (Phi) is 6.42. The Morgan fingerprint density at radius 3 is 2.56 bits per heavy atom. The van der Waals surface area contributed by atoms with Gasteiger partial charge in [0.25, 0.3) is 5.91 Å². The van der Waals surface area contributed by atoms with Crippen molar-refractivity contribution >= 4 is 22.8 Å². The maximum atomic E-state index is 13.2. The summed E-state index contributed by atoms with van der Waals surface area (Å²) >= 11 is 0. The standard InChI is InChI=1S/C26H30N4O2/c1-5-32-16-8-15-30-19(4)18(3)23(24-27-21-9-6-7-10-22(21)28-24)25(30)29-26(31)20-13-11-17(2)12-14-20/h6-7,9-14H,5,8,15-16H2,1-4H3,(H,27,28)(H,29,31). The molecular weight excluding hydrogens is 400 g/mol. The first-order valence-corrected chi connectivity index (χ1v) is 11.1. The zero-order valence-electron chi connectivity index (χ0n) is 19.2. The summed E-state index contributed by atoms with van der Waals surface area (Å²) in [6.07, 6.45) is 0.857. The van der Waals surface area contributed by atoms with Crippen molar-refractivity contribution in [3.63, 3.8) is 0 Å². The first-order valence-electron chi connectivity index (χ1n) is 11.1. The molecule has 0 radical (unpaired) electrons. The number of hydrogen-bond donors (Lipinski definition) is 2. The number of aryl methyl sites for hydroxylation is 1. The van der Waals surface area contributed by atoms with E-state index in [9.17, 15) is 4.79 Å². The number of hydrogen-bond acceptors (Lipinski definition) is 3. The molecule has 0 unspecified atom stereocenters. The Bertz CT molecular complexity index is 1200. The molecule has 2 aromatic carbocycles. The summed E-state index contributed by atoms with van der Waals surface area (Å²) in [5.41, 5.74) is 6.75. The zero-order chi connectivity index (χ0) is 22.7. The van der Waals surface area contributed by atoms with Crippen LogP contribution in [0.25, 0.3) is 22.4 Å². The molecule has 0 aliphatic heterocycles. The van der Waals surface area contributed by atoms with Crippen molar-refractivity contribution in [2.75, 3.05) is 18.5 Å². The van der Waals surface area contributed by atoms with Gasteiger partial charge in [-0.1, -0.05) is 29.8 Å². The monoisotopic (exact) mass is 430 g/mol. The number of fused-ring (bicyclic) bond motifs is 1. The Morgan fingerprint density at radius 1 is 1.09 bits per heavy atom. The van der Waals surface area contributed by atoms with Gasteiger partial charge in [0, 0.05) is 31.0 Å². The number of amides is 1. The van der Waals surface area contributed by atoms with Crippen LogP contribution in [-0.2, 0) is 11.3 Å². The third-order valence-electron chi connectivity index (χ3n) is 5.88. The second-order valence-corrected chi connectivity index (χ2v) is 8.06. The van der Waals surface area contributed by atoms with E-state index < -0.39 is 0 Å². The molecule has 2 N–H and O–H groups in total. The number of nitrogens with one attached hydrogen (secondary N) is 2. The van der Waals surface area contributed by atoms with Gasteiger partial charge in [-0.15, -0.1) is 0 Å². The van der Waals surface area contributed by atoms with Gasteiger partial charge in [0.15, 0.2) is 0 Å². The smallest absolute Gasteiger partial charge is 0.256 e. The Hall–Kier alpha value is -3.38. The second kappa shape index (κ2) is 9.40. The van der Waals surface area contributed by atoms with Crippen molar-refractivity contribution < 1.29 is 9.53 Å². The number of para-hydroxylation sites is 2. The summed E-state index contributed by atoms with van der Waals surface area (Å²) in [5, 5.41) is 3.18. The highest BCUT2D eigenvalue weighted by molar-refractivity contribution is 6.06. The number of aromatic nitrogens is 3. The molecule has 6 nitrogen and oxygen atoms in total. The minimum atomic E-state index is -0.133. The second-order valence-electron chi connectivity index (χ2n) is 8.06. The Labute approximate surface area is 188 Å². The third kappa shape index (κ3) is 4.32. The highest BCUT2D eigenvalue weighted by Gasteiger charge is 2.23. The zero-order valence-corrected chi connectivity index (χ0v) is 19.2. The Morgan fingerprint density at radius 2 is 1.84 bits per heavy atom. The van der Waals surface area contributed by atoms with Crippen LogP contribution in [0, 0.1) is 20.8 Å². The van der Waals surface area contributed by atoms with Crippen LogP contribution in [0.15, 0.2) is 48.5 Å². The normalized spacial score (nSPS) is 11.2. The molecule has 0 bridgehead atoms. The lowest BCUT2D eigenvalue weighted by molar-refractivity contribution is 0.102. The number of carbonyl (C=O) groups is 1. The van der Waals surface area contributed by atoms with E-state index in [4.69, 9.17) is 9.72 Å².